The maximum Gasteiger partial charge on any atom is 0.0636 e. The number of hydrogen-bond donors (Lipinski definition) is 2. The Morgan fingerprint density at radius 1 is 1.46 bits per heavy atom. The minimum atomic E-state index is -0.109. The van der Waals surface area contributed by atoms with Gasteiger partial charge in [0.1, 0.15) is 0 Å². The zero-order chi connectivity index (χ0) is 9.47. The zero-order valence-electron chi connectivity index (χ0n) is 8.50. The van der Waals surface area contributed by atoms with Crippen LogP contribution in [-0.2, 0) is 0 Å². The van der Waals surface area contributed by atoms with Crippen LogP contribution in [0.4, 0.5) is 0 Å². The standard InChI is InChI=1S/C11H21NO/c1-8-4-5-11(6-8,7-12)10(13)9-2-3-9/h8-10,13H,2-7,12H2,1H3. The highest BCUT2D eigenvalue weighted by Crippen LogP contribution is 2.50. The Morgan fingerprint density at radius 2 is 2.15 bits per heavy atom. The lowest BCUT2D eigenvalue weighted by Gasteiger charge is -2.33. The van der Waals surface area contributed by atoms with Gasteiger partial charge in [0.25, 0.3) is 0 Å². The van der Waals surface area contributed by atoms with Crippen LogP contribution in [0.15, 0.2) is 0 Å². The molecule has 0 aromatic heterocycles. The molecule has 2 saturated carbocycles. The summed E-state index contributed by atoms with van der Waals surface area (Å²) in [4.78, 5) is 0. The highest BCUT2D eigenvalue weighted by molar-refractivity contribution is 4.99. The van der Waals surface area contributed by atoms with Crippen LogP contribution < -0.4 is 5.73 Å². The summed E-state index contributed by atoms with van der Waals surface area (Å²) in [5, 5.41) is 10.2. The van der Waals surface area contributed by atoms with Crippen LogP contribution in [-0.4, -0.2) is 17.8 Å². The van der Waals surface area contributed by atoms with Crippen molar-refractivity contribution in [2.75, 3.05) is 6.54 Å². The molecule has 3 N–H and O–H groups in total. The molecule has 3 atom stereocenters. The van der Waals surface area contributed by atoms with Crippen molar-refractivity contribution in [3.05, 3.63) is 0 Å². The fourth-order valence-electron chi connectivity index (χ4n) is 2.92. The third kappa shape index (κ3) is 1.62. The Morgan fingerprint density at radius 3 is 2.54 bits per heavy atom. The van der Waals surface area contributed by atoms with E-state index in [0.29, 0.717) is 12.5 Å². The molecule has 2 heteroatoms. The zero-order valence-corrected chi connectivity index (χ0v) is 8.50. The van der Waals surface area contributed by atoms with E-state index >= 15 is 0 Å². The van der Waals surface area contributed by atoms with Gasteiger partial charge in [-0.1, -0.05) is 13.3 Å². The number of aliphatic hydroxyl groups excluding tert-OH is 1. The van der Waals surface area contributed by atoms with E-state index in [1.807, 2.05) is 0 Å². The van der Waals surface area contributed by atoms with Gasteiger partial charge in [-0.05, 0) is 37.5 Å². The molecule has 0 aliphatic heterocycles. The second-order valence-corrected chi connectivity index (χ2v) is 5.20. The second kappa shape index (κ2) is 3.25. The van der Waals surface area contributed by atoms with Gasteiger partial charge in [-0.2, -0.15) is 0 Å². The van der Waals surface area contributed by atoms with E-state index in [0.717, 1.165) is 18.8 Å². The van der Waals surface area contributed by atoms with Crippen molar-refractivity contribution < 1.29 is 5.11 Å². The van der Waals surface area contributed by atoms with Crippen molar-refractivity contribution in [2.24, 2.45) is 23.0 Å². The molecule has 0 aromatic carbocycles. The van der Waals surface area contributed by atoms with Gasteiger partial charge >= 0.3 is 0 Å². The summed E-state index contributed by atoms with van der Waals surface area (Å²) in [5.74, 6) is 1.34. The Kier molecular flexibility index (Phi) is 2.37. The first-order valence-corrected chi connectivity index (χ1v) is 5.56. The lowest BCUT2D eigenvalue weighted by atomic mass is 9.77. The first-order valence-electron chi connectivity index (χ1n) is 5.56. The predicted molar refractivity (Wildman–Crippen MR) is 53.2 cm³/mol. The van der Waals surface area contributed by atoms with Crippen LogP contribution in [0.2, 0.25) is 0 Å². The van der Waals surface area contributed by atoms with Gasteiger partial charge in [-0.15, -0.1) is 0 Å². The van der Waals surface area contributed by atoms with Crippen molar-refractivity contribution in [2.45, 2.75) is 45.1 Å². The molecule has 2 rings (SSSR count). The summed E-state index contributed by atoms with van der Waals surface area (Å²) >= 11 is 0. The normalized spacial score (nSPS) is 42.2. The van der Waals surface area contributed by atoms with Crippen molar-refractivity contribution in [3.63, 3.8) is 0 Å². The molecule has 0 aromatic rings. The van der Waals surface area contributed by atoms with E-state index in [-0.39, 0.29) is 11.5 Å². The molecular weight excluding hydrogens is 162 g/mol. The summed E-state index contributed by atoms with van der Waals surface area (Å²) in [7, 11) is 0. The fourth-order valence-corrected chi connectivity index (χ4v) is 2.92. The maximum absolute atomic E-state index is 10.2. The van der Waals surface area contributed by atoms with Crippen LogP contribution in [0.5, 0.6) is 0 Å². The largest absolute Gasteiger partial charge is 0.392 e. The molecule has 0 radical (unpaired) electrons. The van der Waals surface area contributed by atoms with Crippen LogP contribution >= 0.6 is 0 Å². The topological polar surface area (TPSA) is 46.2 Å². The summed E-state index contributed by atoms with van der Waals surface area (Å²) in [5.41, 5.74) is 5.92. The molecule has 2 aliphatic rings. The van der Waals surface area contributed by atoms with Crippen molar-refractivity contribution in [1.82, 2.24) is 0 Å². The van der Waals surface area contributed by atoms with E-state index in [2.05, 4.69) is 6.92 Å². The average Bonchev–Trinajstić information content (AvgIpc) is 2.89. The van der Waals surface area contributed by atoms with Crippen LogP contribution in [0.1, 0.15) is 39.0 Å². The number of aliphatic hydroxyl groups is 1. The molecule has 2 aliphatic carbocycles. The maximum atomic E-state index is 10.2. The molecule has 0 heterocycles. The molecule has 76 valence electrons. The van der Waals surface area contributed by atoms with Gasteiger partial charge < -0.3 is 10.8 Å². The third-order valence-electron chi connectivity index (χ3n) is 3.99. The van der Waals surface area contributed by atoms with Crippen molar-refractivity contribution in [3.8, 4) is 0 Å². The summed E-state index contributed by atoms with van der Waals surface area (Å²) in [6.07, 6.45) is 5.86. The van der Waals surface area contributed by atoms with E-state index in [4.69, 9.17) is 5.73 Å². The average molecular weight is 183 g/mol. The van der Waals surface area contributed by atoms with Crippen LogP contribution in [0.25, 0.3) is 0 Å². The molecule has 0 saturated heterocycles. The first kappa shape index (κ1) is 9.47. The molecule has 0 spiro atoms. The number of hydrogen-bond acceptors (Lipinski definition) is 2. The quantitative estimate of drug-likeness (QED) is 0.697. The summed E-state index contributed by atoms with van der Waals surface area (Å²) in [6.45, 7) is 2.95. The number of rotatable bonds is 3. The fraction of sp³-hybridized carbons (Fsp3) is 1.00. The SMILES string of the molecule is CC1CCC(CN)(C(O)C2CC2)C1. The van der Waals surface area contributed by atoms with Crippen LogP contribution in [0, 0.1) is 17.3 Å². The molecule has 2 fully saturated rings. The van der Waals surface area contributed by atoms with Crippen LogP contribution in [0.3, 0.4) is 0 Å². The third-order valence-corrected chi connectivity index (χ3v) is 3.99. The van der Waals surface area contributed by atoms with Gasteiger partial charge in [-0.25, -0.2) is 0 Å². The molecule has 0 bridgehead atoms. The highest BCUT2D eigenvalue weighted by Gasteiger charge is 2.48. The monoisotopic (exact) mass is 183 g/mol. The predicted octanol–water partition coefficient (Wildman–Crippen LogP) is 1.52. The van der Waals surface area contributed by atoms with E-state index < -0.39 is 0 Å². The van der Waals surface area contributed by atoms with Gasteiger partial charge in [0.05, 0.1) is 6.10 Å². The minimum Gasteiger partial charge on any atom is -0.392 e. The van der Waals surface area contributed by atoms with Crippen molar-refractivity contribution in [1.29, 1.82) is 0 Å². The number of nitrogens with two attached hydrogens (primary N) is 1. The minimum absolute atomic E-state index is 0.0839. The van der Waals surface area contributed by atoms with Gasteiger partial charge in [-0.3, -0.25) is 0 Å². The smallest absolute Gasteiger partial charge is 0.0636 e. The lowest BCUT2D eigenvalue weighted by molar-refractivity contribution is 0.0151. The summed E-state index contributed by atoms with van der Waals surface area (Å²) < 4.78 is 0. The van der Waals surface area contributed by atoms with E-state index in [1.54, 1.807) is 0 Å². The van der Waals surface area contributed by atoms with Gasteiger partial charge in [0.2, 0.25) is 0 Å². The first-order chi connectivity index (χ1) is 6.18. The van der Waals surface area contributed by atoms with Gasteiger partial charge in [0, 0.05) is 12.0 Å². The van der Waals surface area contributed by atoms with Crippen molar-refractivity contribution >= 4 is 0 Å². The Bertz CT molecular complexity index is 191. The Balaban J connectivity index is 2.05. The Labute approximate surface area is 80.5 Å². The molecular formula is C11H21NO. The molecule has 2 nitrogen and oxygen atoms in total. The van der Waals surface area contributed by atoms with Gasteiger partial charge in [0.15, 0.2) is 0 Å². The Hall–Kier alpha value is -0.0800. The molecule has 13 heavy (non-hydrogen) atoms. The highest BCUT2D eigenvalue weighted by atomic mass is 16.3. The lowest BCUT2D eigenvalue weighted by Crippen LogP contribution is -2.41. The molecule has 0 amide bonds. The summed E-state index contributed by atoms with van der Waals surface area (Å²) in [6, 6.07) is 0. The second-order valence-electron chi connectivity index (χ2n) is 5.20. The van der Waals surface area contributed by atoms with E-state index in [9.17, 15) is 5.11 Å². The molecule has 3 unspecified atom stereocenters. The van der Waals surface area contributed by atoms with E-state index in [1.165, 1.54) is 19.3 Å².